The Kier molecular flexibility index (Phi) is 4.63. The predicted octanol–water partition coefficient (Wildman–Crippen LogP) is 3.31. The molecule has 0 saturated carbocycles. The number of nitrogens with zero attached hydrogens (tertiary/aromatic N) is 5. The van der Waals surface area contributed by atoms with Gasteiger partial charge >= 0.3 is 6.55 Å². The number of alkyl halides is 2. The number of hydrogen-bond donors (Lipinski definition) is 0. The summed E-state index contributed by atoms with van der Waals surface area (Å²) in [5.41, 5.74) is 0.587. The van der Waals surface area contributed by atoms with Gasteiger partial charge in [0.25, 0.3) is 0 Å². The summed E-state index contributed by atoms with van der Waals surface area (Å²) in [7, 11) is 1.51. The molecule has 1 amide bonds. The van der Waals surface area contributed by atoms with Crippen LogP contribution < -0.4 is 0 Å². The third-order valence-corrected chi connectivity index (χ3v) is 4.39. The van der Waals surface area contributed by atoms with E-state index in [0.29, 0.717) is 10.8 Å². The summed E-state index contributed by atoms with van der Waals surface area (Å²) < 4.78 is 28.1. The van der Waals surface area contributed by atoms with Gasteiger partial charge in [-0.25, -0.2) is 9.97 Å². The Bertz CT molecular complexity index is 900. The molecule has 3 rings (SSSR count). The molecule has 126 valence electrons. The number of fused-ring (bicyclic) bond motifs is 1. The molecule has 3 aromatic rings. The first-order valence-electron chi connectivity index (χ1n) is 6.81. The Morgan fingerprint density at radius 2 is 2.29 bits per heavy atom. The number of hydrogen-bond acceptors (Lipinski definition) is 4. The fourth-order valence-corrected chi connectivity index (χ4v) is 3.14. The van der Waals surface area contributed by atoms with Crippen LogP contribution in [0.4, 0.5) is 8.78 Å². The van der Waals surface area contributed by atoms with Crippen LogP contribution in [0.2, 0.25) is 5.15 Å². The van der Waals surface area contributed by atoms with E-state index in [1.807, 2.05) is 5.38 Å². The molecular weight excluding hydrogens is 360 g/mol. The molecule has 0 bridgehead atoms. The summed E-state index contributed by atoms with van der Waals surface area (Å²) in [5.74, 6) is -0.253. The highest BCUT2D eigenvalue weighted by molar-refractivity contribution is 7.15. The van der Waals surface area contributed by atoms with Crippen molar-refractivity contribution >= 4 is 39.9 Å². The van der Waals surface area contributed by atoms with Crippen molar-refractivity contribution in [2.24, 2.45) is 0 Å². The van der Waals surface area contributed by atoms with Gasteiger partial charge in [0.1, 0.15) is 5.82 Å². The molecule has 0 aliphatic rings. The highest BCUT2D eigenvalue weighted by Gasteiger charge is 2.15. The number of thiazole rings is 1. The molecule has 0 spiro atoms. The molecule has 6 nitrogen and oxygen atoms in total. The summed E-state index contributed by atoms with van der Waals surface area (Å²) in [5, 5.41) is 2.15. The molecule has 24 heavy (non-hydrogen) atoms. The Balaban J connectivity index is 1.73. The first-order valence-corrected chi connectivity index (χ1v) is 8.07. The predicted molar refractivity (Wildman–Crippen MR) is 87.1 cm³/mol. The molecule has 0 N–H and O–H groups in total. The fraction of sp³-hybridized carbons (Fsp3) is 0.214. The maximum absolute atomic E-state index is 12.8. The van der Waals surface area contributed by atoms with E-state index in [2.05, 4.69) is 9.97 Å². The van der Waals surface area contributed by atoms with Gasteiger partial charge in [0, 0.05) is 37.1 Å². The van der Waals surface area contributed by atoms with Crippen LogP contribution in [0.15, 0.2) is 30.0 Å². The zero-order valence-electron chi connectivity index (χ0n) is 12.4. The van der Waals surface area contributed by atoms with Crippen molar-refractivity contribution in [1.29, 1.82) is 0 Å². The van der Waals surface area contributed by atoms with E-state index in [-0.39, 0.29) is 18.3 Å². The minimum absolute atomic E-state index is 0.0332. The SMILES string of the molecule is CN(Cc1nccn1C(F)F)C(=O)/C=C/c1c(Cl)nc2sccn12. The van der Waals surface area contributed by atoms with Crippen LogP contribution >= 0.6 is 22.9 Å². The van der Waals surface area contributed by atoms with Crippen LogP contribution in [0.25, 0.3) is 11.0 Å². The smallest absolute Gasteiger partial charge is 0.319 e. The van der Waals surface area contributed by atoms with Crippen LogP contribution in [0.3, 0.4) is 0 Å². The molecule has 0 atom stereocenters. The van der Waals surface area contributed by atoms with E-state index in [0.717, 1.165) is 9.53 Å². The summed E-state index contributed by atoms with van der Waals surface area (Å²) in [6.07, 6.45) is 7.12. The summed E-state index contributed by atoms with van der Waals surface area (Å²) in [6.45, 7) is -2.73. The molecule has 0 aliphatic heterocycles. The van der Waals surface area contributed by atoms with Gasteiger partial charge in [-0.2, -0.15) is 8.78 Å². The Hall–Kier alpha value is -2.26. The summed E-state index contributed by atoms with van der Waals surface area (Å²) in [4.78, 5) is 22.2. The summed E-state index contributed by atoms with van der Waals surface area (Å²) in [6, 6.07) is 0. The largest absolute Gasteiger partial charge is 0.335 e. The number of likely N-dealkylation sites (N-methyl/N-ethyl adjacent to an activating group) is 1. The van der Waals surface area contributed by atoms with Crippen molar-refractivity contribution < 1.29 is 13.6 Å². The van der Waals surface area contributed by atoms with Crippen molar-refractivity contribution in [3.63, 3.8) is 0 Å². The molecule has 3 aromatic heterocycles. The number of imidazole rings is 2. The molecule has 0 radical (unpaired) electrons. The van der Waals surface area contributed by atoms with E-state index >= 15 is 0 Å². The lowest BCUT2D eigenvalue weighted by atomic mass is 10.3. The number of halogens is 3. The van der Waals surface area contributed by atoms with Gasteiger partial charge in [0.15, 0.2) is 10.1 Å². The van der Waals surface area contributed by atoms with E-state index in [9.17, 15) is 13.6 Å². The van der Waals surface area contributed by atoms with E-state index in [1.165, 1.54) is 41.8 Å². The van der Waals surface area contributed by atoms with Gasteiger partial charge < -0.3 is 4.90 Å². The average Bonchev–Trinajstić information content (AvgIpc) is 3.21. The van der Waals surface area contributed by atoms with E-state index in [1.54, 1.807) is 16.7 Å². The lowest BCUT2D eigenvalue weighted by Crippen LogP contribution is -2.26. The fourth-order valence-electron chi connectivity index (χ4n) is 2.14. The van der Waals surface area contributed by atoms with Crippen molar-refractivity contribution in [2.75, 3.05) is 7.05 Å². The van der Waals surface area contributed by atoms with Gasteiger partial charge in [-0.05, 0) is 6.08 Å². The zero-order chi connectivity index (χ0) is 17.3. The molecule has 10 heteroatoms. The quantitative estimate of drug-likeness (QED) is 0.646. The third-order valence-electron chi connectivity index (χ3n) is 3.35. The highest BCUT2D eigenvalue weighted by Crippen LogP contribution is 2.22. The average molecular weight is 372 g/mol. The molecule has 0 fully saturated rings. The molecule has 3 heterocycles. The number of rotatable bonds is 5. The third kappa shape index (κ3) is 3.17. The zero-order valence-corrected chi connectivity index (χ0v) is 14.0. The number of amides is 1. The standard InChI is InChI=1S/C14H12ClF2N5OS/c1-20(8-10-18-4-5-22(10)13(16)17)11(23)3-2-9-12(15)19-14-21(9)6-7-24-14/h2-7,13H,8H2,1H3/b3-2+. The molecule has 0 aliphatic carbocycles. The second-order valence-electron chi connectivity index (χ2n) is 4.90. The van der Waals surface area contributed by atoms with Crippen molar-refractivity contribution in [3.8, 4) is 0 Å². The van der Waals surface area contributed by atoms with E-state index in [4.69, 9.17) is 11.6 Å². The van der Waals surface area contributed by atoms with Crippen LogP contribution in [-0.2, 0) is 11.3 Å². The first kappa shape index (κ1) is 16.6. The van der Waals surface area contributed by atoms with Crippen molar-refractivity contribution in [3.05, 3.63) is 46.7 Å². The first-order chi connectivity index (χ1) is 11.5. The Morgan fingerprint density at radius 3 is 3.04 bits per heavy atom. The lowest BCUT2D eigenvalue weighted by molar-refractivity contribution is -0.125. The van der Waals surface area contributed by atoms with Crippen molar-refractivity contribution in [1.82, 2.24) is 23.8 Å². The van der Waals surface area contributed by atoms with Crippen LogP contribution in [0, 0.1) is 0 Å². The monoisotopic (exact) mass is 371 g/mol. The number of carbonyl (C=O) groups is 1. The Morgan fingerprint density at radius 1 is 1.50 bits per heavy atom. The highest BCUT2D eigenvalue weighted by atomic mass is 35.5. The molecule has 0 aromatic carbocycles. The molecular formula is C14H12ClF2N5OS. The maximum atomic E-state index is 12.8. The van der Waals surface area contributed by atoms with Gasteiger partial charge in [0.2, 0.25) is 5.91 Å². The van der Waals surface area contributed by atoms with Gasteiger partial charge in [-0.15, -0.1) is 11.3 Å². The van der Waals surface area contributed by atoms with E-state index < -0.39 is 6.55 Å². The maximum Gasteiger partial charge on any atom is 0.319 e. The normalized spacial score (nSPS) is 11.9. The lowest BCUT2D eigenvalue weighted by Gasteiger charge is -2.15. The van der Waals surface area contributed by atoms with Crippen LogP contribution in [0.1, 0.15) is 18.1 Å². The minimum atomic E-state index is -2.70. The van der Waals surface area contributed by atoms with Gasteiger partial charge in [-0.3, -0.25) is 13.8 Å². The summed E-state index contributed by atoms with van der Waals surface area (Å²) >= 11 is 7.47. The molecule has 0 saturated heterocycles. The minimum Gasteiger partial charge on any atom is -0.335 e. The van der Waals surface area contributed by atoms with Crippen LogP contribution in [0.5, 0.6) is 0 Å². The van der Waals surface area contributed by atoms with Crippen molar-refractivity contribution in [2.45, 2.75) is 13.1 Å². The molecule has 0 unspecified atom stereocenters. The van der Waals surface area contributed by atoms with Gasteiger partial charge in [0.05, 0.1) is 12.2 Å². The topological polar surface area (TPSA) is 55.4 Å². The Labute approximate surface area is 144 Å². The number of aromatic nitrogens is 4. The number of carbonyl (C=O) groups excluding carboxylic acids is 1. The van der Waals surface area contributed by atoms with Gasteiger partial charge in [-0.1, -0.05) is 11.6 Å². The van der Waals surface area contributed by atoms with Crippen LogP contribution in [-0.4, -0.2) is 36.8 Å². The second-order valence-corrected chi connectivity index (χ2v) is 6.13. The second kappa shape index (κ2) is 6.70.